The van der Waals surface area contributed by atoms with Gasteiger partial charge in [-0.25, -0.2) is 4.31 Å². The van der Waals surface area contributed by atoms with Crippen molar-refractivity contribution in [1.29, 1.82) is 0 Å². The lowest BCUT2D eigenvalue weighted by atomic mass is 10.3. The third-order valence-electron chi connectivity index (χ3n) is 1.90. The number of allylic oxidation sites excluding steroid dienone is 2. The average Bonchev–Trinajstić information content (AvgIpc) is 2.10. The van der Waals surface area contributed by atoms with Crippen LogP contribution < -0.4 is 0 Å². The van der Waals surface area contributed by atoms with Crippen molar-refractivity contribution in [1.82, 2.24) is 0 Å². The van der Waals surface area contributed by atoms with Crippen molar-refractivity contribution in [3.8, 4) is 0 Å². The molecular weight excluding hydrogens is 262 g/mol. The summed E-state index contributed by atoms with van der Waals surface area (Å²) in [5.74, 6) is 0. The molecule has 100 valence electrons. The molecule has 0 amide bonds. The molecule has 5 nitrogen and oxygen atoms in total. The summed E-state index contributed by atoms with van der Waals surface area (Å²) in [5.41, 5.74) is 1.44. The summed E-state index contributed by atoms with van der Waals surface area (Å²) in [5, 5.41) is 0. The summed E-state index contributed by atoms with van der Waals surface area (Å²) in [6.07, 6.45) is 0.183. The van der Waals surface area contributed by atoms with E-state index in [0.29, 0.717) is 0 Å². The Morgan fingerprint density at radius 2 is 1.29 bits per heavy atom. The maximum Gasteiger partial charge on any atom is 0.335 e. The molecule has 0 fully saturated rings. The van der Waals surface area contributed by atoms with Gasteiger partial charge in [-0.2, -0.15) is 0 Å². The standard InChI is InChI=1S/C10H20O5P2/c1-9(2)5-7-16(11,12)15-17(13,14)8-6-10(3)4/h1,3,5-8H2,2,4H3,(H,11,12)(H,13,14). The van der Waals surface area contributed by atoms with Crippen LogP contribution in [-0.4, -0.2) is 22.1 Å². The minimum atomic E-state index is -4.03. The normalized spacial score (nSPS) is 18.1. The fraction of sp³-hybridized carbons (Fsp3) is 0.600. The van der Waals surface area contributed by atoms with Crippen LogP contribution in [0.5, 0.6) is 0 Å². The summed E-state index contributed by atoms with van der Waals surface area (Å²) in [7, 11) is -8.06. The molecule has 0 rings (SSSR count). The van der Waals surface area contributed by atoms with Crippen LogP contribution in [0.1, 0.15) is 26.7 Å². The van der Waals surface area contributed by atoms with Crippen LogP contribution in [-0.2, 0) is 13.4 Å². The molecular formula is C10H20O5P2. The quantitative estimate of drug-likeness (QED) is 0.527. The van der Waals surface area contributed by atoms with Crippen molar-refractivity contribution < 1.29 is 23.2 Å². The second-order valence-corrected chi connectivity index (χ2v) is 8.32. The van der Waals surface area contributed by atoms with Gasteiger partial charge in [0.2, 0.25) is 0 Å². The van der Waals surface area contributed by atoms with E-state index in [1.807, 2.05) is 0 Å². The third kappa shape index (κ3) is 9.51. The van der Waals surface area contributed by atoms with Gasteiger partial charge in [-0.3, -0.25) is 9.13 Å². The highest BCUT2D eigenvalue weighted by Gasteiger charge is 2.31. The second-order valence-electron chi connectivity index (χ2n) is 4.22. The fourth-order valence-electron chi connectivity index (χ4n) is 0.945. The lowest BCUT2D eigenvalue weighted by molar-refractivity contribution is 0.332. The van der Waals surface area contributed by atoms with E-state index >= 15 is 0 Å². The van der Waals surface area contributed by atoms with Gasteiger partial charge >= 0.3 is 15.2 Å². The highest BCUT2D eigenvalue weighted by Crippen LogP contribution is 2.59. The molecule has 0 heterocycles. The Balaban J connectivity index is 4.37. The average molecular weight is 282 g/mol. The van der Waals surface area contributed by atoms with Gasteiger partial charge in [-0.05, 0) is 26.7 Å². The molecule has 0 aromatic rings. The largest absolute Gasteiger partial charge is 0.335 e. The second kappa shape index (κ2) is 6.67. The minimum absolute atomic E-state index is 0.194. The Bertz CT molecular complexity index is 352. The van der Waals surface area contributed by atoms with Crippen molar-refractivity contribution >= 4 is 15.2 Å². The first-order chi connectivity index (χ1) is 7.54. The van der Waals surface area contributed by atoms with E-state index in [2.05, 4.69) is 17.5 Å². The molecule has 0 bridgehead atoms. The Labute approximate surface area is 102 Å². The molecule has 2 unspecified atom stereocenters. The molecule has 0 saturated heterocycles. The Morgan fingerprint density at radius 3 is 1.53 bits per heavy atom. The molecule has 0 spiro atoms. The SMILES string of the molecule is C=C(C)CCP(=O)(O)OP(=O)(O)CCC(=C)C. The van der Waals surface area contributed by atoms with E-state index in [9.17, 15) is 18.9 Å². The van der Waals surface area contributed by atoms with Crippen LogP contribution in [0, 0.1) is 0 Å². The zero-order chi connectivity index (χ0) is 13.7. The van der Waals surface area contributed by atoms with Crippen LogP contribution in [0.3, 0.4) is 0 Å². The summed E-state index contributed by atoms with van der Waals surface area (Å²) in [6, 6.07) is 0. The number of hydrogen-bond donors (Lipinski definition) is 2. The zero-order valence-electron chi connectivity index (χ0n) is 10.3. The van der Waals surface area contributed by atoms with Crippen molar-refractivity contribution in [3.05, 3.63) is 24.3 Å². The third-order valence-corrected chi connectivity index (χ3v) is 5.52. The fourth-order valence-corrected chi connectivity index (χ4v) is 4.52. The zero-order valence-corrected chi connectivity index (χ0v) is 12.0. The highest BCUT2D eigenvalue weighted by molar-refractivity contribution is 7.66. The van der Waals surface area contributed by atoms with E-state index in [4.69, 9.17) is 0 Å². The van der Waals surface area contributed by atoms with Gasteiger partial charge in [0, 0.05) is 0 Å². The van der Waals surface area contributed by atoms with Gasteiger partial charge in [0.25, 0.3) is 0 Å². The molecule has 7 heteroatoms. The minimum Gasteiger partial charge on any atom is -0.324 e. The van der Waals surface area contributed by atoms with Crippen LogP contribution in [0.2, 0.25) is 0 Å². The smallest absolute Gasteiger partial charge is 0.324 e. The molecule has 0 radical (unpaired) electrons. The van der Waals surface area contributed by atoms with Crippen LogP contribution >= 0.6 is 15.2 Å². The molecule has 0 saturated carbocycles. The number of rotatable bonds is 8. The molecule has 2 N–H and O–H groups in total. The predicted molar refractivity (Wildman–Crippen MR) is 69.3 cm³/mol. The first-order valence-corrected chi connectivity index (χ1v) is 8.70. The van der Waals surface area contributed by atoms with Gasteiger partial charge < -0.3 is 9.79 Å². The maximum atomic E-state index is 11.5. The summed E-state index contributed by atoms with van der Waals surface area (Å²) in [6.45, 7) is 10.6. The van der Waals surface area contributed by atoms with Crippen LogP contribution in [0.4, 0.5) is 0 Å². The Kier molecular flexibility index (Phi) is 6.60. The lowest BCUT2D eigenvalue weighted by Gasteiger charge is -2.16. The van der Waals surface area contributed by atoms with Gasteiger partial charge in [0.15, 0.2) is 0 Å². The first kappa shape index (κ1) is 16.8. The van der Waals surface area contributed by atoms with E-state index in [1.165, 1.54) is 0 Å². The number of hydrogen-bond acceptors (Lipinski definition) is 3. The molecule has 0 aromatic carbocycles. The molecule has 0 aromatic heterocycles. The lowest BCUT2D eigenvalue weighted by Crippen LogP contribution is -1.98. The van der Waals surface area contributed by atoms with Gasteiger partial charge in [-0.15, -0.1) is 13.2 Å². The topological polar surface area (TPSA) is 83.8 Å². The maximum absolute atomic E-state index is 11.5. The molecule has 2 atom stereocenters. The van der Waals surface area contributed by atoms with Crippen LogP contribution in [0.25, 0.3) is 0 Å². The molecule has 17 heavy (non-hydrogen) atoms. The first-order valence-electron chi connectivity index (χ1n) is 5.18. The molecule has 0 aliphatic heterocycles. The Hall–Kier alpha value is -0.180. The van der Waals surface area contributed by atoms with Gasteiger partial charge in [0.1, 0.15) is 0 Å². The highest BCUT2D eigenvalue weighted by atomic mass is 31.3. The summed E-state index contributed by atoms with van der Waals surface area (Å²) in [4.78, 5) is 18.8. The predicted octanol–water partition coefficient (Wildman–Crippen LogP) is 3.31. The summed E-state index contributed by atoms with van der Waals surface area (Å²) >= 11 is 0. The van der Waals surface area contributed by atoms with E-state index in [-0.39, 0.29) is 25.2 Å². The van der Waals surface area contributed by atoms with Gasteiger partial charge in [0.05, 0.1) is 12.3 Å². The van der Waals surface area contributed by atoms with Crippen LogP contribution in [0.15, 0.2) is 24.3 Å². The Morgan fingerprint density at radius 1 is 1.00 bits per heavy atom. The molecule has 0 aliphatic carbocycles. The van der Waals surface area contributed by atoms with E-state index < -0.39 is 15.2 Å². The van der Waals surface area contributed by atoms with Crippen molar-refractivity contribution in [3.63, 3.8) is 0 Å². The monoisotopic (exact) mass is 282 g/mol. The van der Waals surface area contributed by atoms with Crippen molar-refractivity contribution in [2.24, 2.45) is 0 Å². The molecule has 0 aliphatic rings. The van der Waals surface area contributed by atoms with Crippen molar-refractivity contribution in [2.75, 3.05) is 12.3 Å². The van der Waals surface area contributed by atoms with E-state index in [1.54, 1.807) is 13.8 Å². The van der Waals surface area contributed by atoms with Crippen molar-refractivity contribution in [2.45, 2.75) is 26.7 Å². The summed E-state index contributed by atoms with van der Waals surface area (Å²) < 4.78 is 27.5. The van der Waals surface area contributed by atoms with Gasteiger partial charge in [-0.1, -0.05) is 11.1 Å². The van der Waals surface area contributed by atoms with E-state index in [0.717, 1.165) is 11.1 Å².